The normalized spacial score (nSPS) is 11.8. The molecule has 0 aromatic heterocycles. The lowest BCUT2D eigenvalue weighted by molar-refractivity contribution is 0.111. The van der Waals surface area contributed by atoms with Crippen LogP contribution in [0.2, 0.25) is 0 Å². The Balaban J connectivity index is 2.39. The predicted molar refractivity (Wildman–Crippen MR) is 55.9 cm³/mol. The van der Waals surface area contributed by atoms with Crippen molar-refractivity contribution >= 4 is 15.9 Å². The molecule has 1 atom stereocenters. The molecule has 0 aliphatic rings. The van der Waals surface area contributed by atoms with Crippen LogP contribution < -0.4 is 4.74 Å². The molecule has 1 N–H and O–H groups in total. The molecular formula is C10H10BrNO2. The zero-order chi connectivity index (χ0) is 10.4. The lowest BCUT2D eigenvalue weighted by atomic mass is 10.3. The number of ether oxygens (including phenoxy) is 1. The van der Waals surface area contributed by atoms with Crippen LogP contribution in [0.4, 0.5) is 0 Å². The van der Waals surface area contributed by atoms with Crippen LogP contribution in [0.5, 0.6) is 5.75 Å². The van der Waals surface area contributed by atoms with Gasteiger partial charge in [0.2, 0.25) is 0 Å². The van der Waals surface area contributed by atoms with Crippen molar-refractivity contribution in [3.63, 3.8) is 0 Å². The molecule has 0 bridgehead atoms. The average Bonchev–Trinajstić information content (AvgIpc) is 2.17. The molecule has 0 saturated heterocycles. The number of rotatable bonds is 4. The maximum absolute atomic E-state index is 9.21. The molecule has 0 heterocycles. The number of aliphatic hydroxyl groups is 1. The van der Waals surface area contributed by atoms with Gasteiger partial charge in [-0.15, -0.1) is 0 Å². The number of nitrogens with zero attached hydrogens (tertiary/aromatic N) is 1. The maximum Gasteiger partial charge on any atom is 0.119 e. The highest BCUT2D eigenvalue weighted by atomic mass is 79.9. The van der Waals surface area contributed by atoms with Crippen LogP contribution in [0.1, 0.15) is 6.42 Å². The van der Waals surface area contributed by atoms with Crippen molar-refractivity contribution < 1.29 is 9.84 Å². The van der Waals surface area contributed by atoms with Crippen LogP contribution in [0.25, 0.3) is 0 Å². The van der Waals surface area contributed by atoms with E-state index in [-0.39, 0.29) is 13.0 Å². The maximum atomic E-state index is 9.21. The van der Waals surface area contributed by atoms with Gasteiger partial charge in [-0.25, -0.2) is 0 Å². The fourth-order valence-electron chi connectivity index (χ4n) is 0.888. The van der Waals surface area contributed by atoms with Gasteiger partial charge >= 0.3 is 0 Å². The first kappa shape index (κ1) is 11.0. The smallest absolute Gasteiger partial charge is 0.119 e. The highest BCUT2D eigenvalue weighted by molar-refractivity contribution is 9.10. The number of halogens is 1. The molecule has 1 unspecified atom stereocenters. The molecule has 0 saturated carbocycles. The quantitative estimate of drug-likeness (QED) is 0.897. The zero-order valence-electron chi connectivity index (χ0n) is 7.48. The van der Waals surface area contributed by atoms with E-state index in [1.807, 2.05) is 18.2 Å². The molecular weight excluding hydrogens is 246 g/mol. The number of nitriles is 1. The van der Waals surface area contributed by atoms with Gasteiger partial charge in [0.15, 0.2) is 0 Å². The van der Waals surface area contributed by atoms with Crippen molar-refractivity contribution in [3.8, 4) is 11.8 Å². The van der Waals surface area contributed by atoms with Gasteiger partial charge in [0.1, 0.15) is 18.5 Å². The predicted octanol–water partition coefficient (Wildman–Crippen LogP) is 2.10. The number of hydrogen-bond acceptors (Lipinski definition) is 3. The second-order valence-electron chi connectivity index (χ2n) is 2.78. The summed E-state index contributed by atoms with van der Waals surface area (Å²) in [6.07, 6.45) is -0.625. The van der Waals surface area contributed by atoms with Crippen LogP contribution >= 0.6 is 15.9 Å². The highest BCUT2D eigenvalue weighted by Crippen LogP contribution is 2.16. The van der Waals surface area contributed by atoms with E-state index < -0.39 is 6.10 Å². The minimum absolute atomic E-state index is 0.0938. The van der Waals surface area contributed by atoms with E-state index >= 15 is 0 Å². The van der Waals surface area contributed by atoms with E-state index in [0.29, 0.717) is 5.75 Å². The topological polar surface area (TPSA) is 53.2 Å². The van der Waals surface area contributed by atoms with Crippen LogP contribution in [0, 0.1) is 11.3 Å². The summed E-state index contributed by atoms with van der Waals surface area (Å²) in [4.78, 5) is 0. The first-order valence-electron chi connectivity index (χ1n) is 4.16. The summed E-state index contributed by atoms with van der Waals surface area (Å²) in [6.45, 7) is 0.148. The van der Waals surface area contributed by atoms with Crippen LogP contribution in [-0.2, 0) is 0 Å². The summed E-state index contributed by atoms with van der Waals surface area (Å²) in [6, 6.07) is 9.17. The highest BCUT2D eigenvalue weighted by Gasteiger charge is 2.03. The Bertz CT molecular complexity index is 318. The standard InChI is InChI=1S/C10H10BrNO2/c11-8-1-3-10(4-2-8)14-7-9(13)5-6-12/h1-4,9,13H,5,7H2. The summed E-state index contributed by atoms with van der Waals surface area (Å²) in [7, 11) is 0. The van der Waals surface area contributed by atoms with Crippen molar-refractivity contribution in [2.75, 3.05) is 6.61 Å². The monoisotopic (exact) mass is 255 g/mol. The summed E-state index contributed by atoms with van der Waals surface area (Å²) < 4.78 is 6.23. The Labute approximate surface area is 91.1 Å². The van der Waals surface area contributed by atoms with Gasteiger partial charge in [-0.2, -0.15) is 5.26 Å². The van der Waals surface area contributed by atoms with Crippen molar-refractivity contribution in [2.45, 2.75) is 12.5 Å². The van der Waals surface area contributed by atoms with E-state index in [9.17, 15) is 5.11 Å². The molecule has 14 heavy (non-hydrogen) atoms. The number of aliphatic hydroxyl groups excluding tert-OH is 1. The Kier molecular flexibility index (Phi) is 4.44. The molecule has 0 spiro atoms. The minimum Gasteiger partial charge on any atom is -0.491 e. The van der Waals surface area contributed by atoms with Gasteiger partial charge < -0.3 is 9.84 Å². The molecule has 4 heteroatoms. The van der Waals surface area contributed by atoms with E-state index in [4.69, 9.17) is 10.00 Å². The summed E-state index contributed by atoms with van der Waals surface area (Å²) in [5.41, 5.74) is 0. The lowest BCUT2D eigenvalue weighted by Crippen LogP contribution is -2.16. The first-order valence-corrected chi connectivity index (χ1v) is 4.95. The van der Waals surface area contributed by atoms with E-state index in [1.54, 1.807) is 12.1 Å². The van der Waals surface area contributed by atoms with Crippen LogP contribution in [-0.4, -0.2) is 17.8 Å². The second kappa shape index (κ2) is 5.63. The first-order chi connectivity index (χ1) is 6.72. The Morgan fingerprint density at radius 1 is 1.43 bits per heavy atom. The molecule has 0 aliphatic heterocycles. The van der Waals surface area contributed by atoms with Gasteiger partial charge in [0, 0.05) is 4.47 Å². The van der Waals surface area contributed by atoms with E-state index in [1.165, 1.54) is 0 Å². The third kappa shape index (κ3) is 3.77. The third-order valence-corrected chi connectivity index (χ3v) is 2.11. The molecule has 0 fully saturated rings. The van der Waals surface area contributed by atoms with Gasteiger partial charge in [-0.05, 0) is 24.3 Å². The third-order valence-electron chi connectivity index (χ3n) is 1.58. The number of hydrogen-bond donors (Lipinski definition) is 1. The van der Waals surface area contributed by atoms with Crippen molar-refractivity contribution in [2.24, 2.45) is 0 Å². The Morgan fingerprint density at radius 2 is 2.07 bits per heavy atom. The molecule has 0 aliphatic carbocycles. The molecule has 0 amide bonds. The Hall–Kier alpha value is -1.05. The van der Waals surface area contributed by atoms with Crippen LogP contribution in [0.3, 0.4) is 0 Å². The molecule has 3 nitrogen and oxygen atoms in total. The van der Waals surface area contributed by atoms with Crippen molar-refractivity contribution in [3.05, 3.63) is 28.7 Å². The fourth-order valence-corrected chi connectivity index (χ4v) is 1.15. The molecule has 0 radical (unpaired) electrons. The van der Waals surface area contributed by atoms with E-state index in [2.05, 4.69) is 15.9 Å². The van der Waals surface area contributed by atoms with Gasteiger partial charge in [0.05, 0.1) is 12.5 Å². The molecule has 1 aromatic carbocycles. The SMILES string of the molecule is N#CCC(O)COc1ccc(Br)cc1. The number of benzene rings is 1. The van der Waals surface area contributed by atoms with Gasteiger partial charge in [0.25, 0.3) is 0 Å². The fraction of sp³-hybridized carbons (Fsp3) is 0.300. The minimum atomic E-state index is -0.719. The largest absolute Gasteiger partial charge is 0.491 e. The van der Waals surface area contributed by atoms with Gasteiger partial charge in [-0.3, -0.25) is 0 Å². The Morgan fingerprint density at radius 3 is 2.64 bits per heavy atom. The summed E-state index contributed by atoms with van der Waals surface area (Å²) >= 11 is 3.30. The molecule has 1 aromatic rings. The van der Waals surface area contributed by atoms with Crippen molar-refractivity contribution in [1.82, 2.24) is 0 Å². The second-order valence-corrected chi connectivity index (χ2v) is 3.70. The van der Waals surface area contributed by atoms with Crippen molar-refractivity contribution in [1.29, 1.82) is 5.26 Å². The molecule has 1 rings (SSSR count). The summed E-state index contributed by atoms with van der Waals surface area (Å²) in [5.74, 6) is 0.685. The van der Waals surface area contributed by atoms with E-state index in [0.717, 1.165) is 4.47 Å². The molecule has 74 valence electrons. The van der Waals surface area contributed by atoms with Gasteiger partial charge in [-0.1, -0.05) is 15.9 Å². The average molecular weight is 256 g/mol. The van der Waals surface area contributed by atoms with Crippen LogP contribution in [0.15, 0.2) is 28.7 Å². The summed E-state index contributed by atoms with van der Waals surface area (Å²) in [5, 5.41) is 17.5. The zero-order valence-corrected chi connectivity index (χ0v) is 9.07. The lowest BCUT2D eigenvalue weighted by Gasteiger charge is -2.08.